The van der Waals surface area contributed by atoms with Crippen LogP contribution in [0.2, 0.25) is 0 Å². The minimum absolute atomic E-state index is 0.0137. The van der Waals surface area contributed by atoms with Gasteiger partial charge in [-0.3, -0.25) is 14.9 Å². The van der Waals surface area contributed by atoms with Crippen LogP contribution in [0.15, 0.2) is 48.5 Å². The third-order valence-electron chi connectivity index (χ3n) is 5.00. The largest absolute Gasteiger partial charge is 0.465 e. The van der Waals surface area contributed by atoms with Gasteiger partial charge in [-0.1, -0.05) is 30.3 Å². The molecule has 152 valence electrons. The lowest BCUT2D eigenvalue weighted by atomic mass is 10.0. The maximum absolute atomic E-state index is 12.3. The van der Waals surface area contributed by atoms with E-state index in [-0.39, 0.29) is 23.2 Å². The zero-order chi connectivity index (χ0) is 20.8. The monoisotopic (exact) mass is 397 g/mol. The molecule has 1 aliphatic rings. The number of methoxy groups -OCH3 is 1. The van der Waals surface area contributed by atoms with Crippen molar-refractivity contribution in [2.45, 2.75) is 25.3 Å². The molecule has 1 amide bonds. The molecule has 3 rings (SSSR count). The van der Waals surface area contributed by atoms with Crippen molar-refractivity contribution in [2.75, 3.05) is 25.1 Å². The number of amides is 1. The summed E-state index contributed by atoms with van der Waals surface area (Å²) in [5.41, 5.74) is 1.60. The summed E-state index contributed by atoms with van der Waals surface area (Å²) in [6.07, 6.45) is 1.78. The van der Waals surface area contributed by atoms with E-state index in [4.69, 9.17) is 4.74 Å². The van der Waals surface area contributed by atoms with Crippen molar-refractivity contribution in [3.05, 3.63) is 69.8 Å². The normalized spacial score (nSPS) is 14.3. The van der Waals surface area contributed by atoms with Crippen LogP contribution in [0, 0.1) is 10.1 Å². The molecule has 8 nitrogen and oxygen atoms in total. The van der Waals surface area contributed by atoms with Crippen LogP contribution < -0.4 is 10.2 Å². The zero-order valence-electron chi connectivity index (χ0n) is 16.2. The molecule has 1 aliphatic heterocycles. The van der Waals surface area contributed by atoms with Crippen LogP contribution in [0.1, 0.15) is 28.8 Å². The van der Waals surface area contributed by atoms with E-state index in [1.165, 1.54) is 19.2 Å². The highest BCUT2D eigenvalue weighted by Crippen LogP contribution is 2.28. The molecule has 2 aromatic carbocycles. The van der Waals surface area contributed by atoms with Crippen molar-refractivity contribution in [2.24, 2.45) is 0 Å². The minimum atomic E-state index is -0.609. The lowest BCUT2D eigenvalue weighted by molar-refractivity contribution is -0.384. The number of rotatable bonds is 6. The summed E-state index contributed by atoms with van der Waals surface area (Å²) < 4.78 is 4.79. The fourth-order valence-electron chi connectivity index (χ4n) is 3.51. The number of esters is 1. The molecule has 0 unspecified atom stereocenters. The highest BCUT2D eigenvalue weighted by atomic mass is 16.6. The Balaban J connectivity index is 1.62. The number of carbonyl (C=O) groups is 2. The average Bonchev–Trinajstić information content (AvgIpc) is 2.74. The molecular weight excluding hydrogens is 374 g/mol. The smallest absolute Gasteiger partial charge is 0.340 e. The van der Waals surface area contributed by atoms with Crippen molar-refractivity contribution >= 4 is 23.3 Å². The lowest BCUT2D eigenvalue weighted by Crippen LogP contribution is -2.45. The van der Waals surface area contributed by atoms with Gasteiger partial charge in [0.05, 0.1) is 29.7 Å². The molecule has 0 aromatic heterocycles. The molecule has 0 bridgehead atoms. The number of hydrogen-bond donors (Lipinski definition) is 1. The van der Waals surface area contributed by atoms with E-state index in [1.54, 1.807) is 6.07 Å². The Morgan fingerprint density at radius 2 is 1.86 bits per heavy atom. The van der Waals surface area contributed by atoms with Crippen LogP contribution in [0.4, 0.5) is 11.4 Å². The van der Waals surface area contributed by atoms with Crippen molar-refractivity contribution < 1.29 is 19.2 Å². The van der Waals surface area contributed by atoms with E-state index in [2.05, 4.69) is 5.32 Å². The van der Waals surface area contributed by atoms with Gasteiger partial charge in [-0.05, 0) is 24.5 Å². The Kier molecular flexibility index (Phi) is 6.43. The van der Waals surface area contributed by atoms with Gasteiger partial charge in [-0.2, -0.15) is 0 Å². The maximum atomic E-state index is 12.3. The van der Waals surface area contributed by atoms with Gasteiger partial charge in [0.2, 0.25) is 5.91 Å². The first-order valence-electron chi connectivity index (χ1n) is 9.43. The van der Waals surface area contributed by atoms with Crippen LogP contribution in [0.5, 0.6) is 0 Å². The van der Waals surface area contributed by atoms with Gasteiger partial charge in [0, 0.05) is 31.3 Å². The van der Waals surface area contributed by atoms with E-state index in [1.807, 2.05) is 35.2 Å². The van der Waals surface area contributed by atoms with Crippen LogP contribution in [-0.4, -0.2) is 43.0 Å². The van der Waals surface area contributed by atoms with Crippen LogP contribution >= 0.6 is 0 Å². The second-order valence-corrected chi connectivity index (χ2v) is 6.94. The number of anilines is 1. The van der Waals surface area contributed by atoms with E-state index < -0.39 is 10.9 Å². The Hall–Kier alpha value is -3.42. The number of hydrogen-bond acceptors (Lipinski definition) is 6. The molecule has 1 heterocycles. The predicted molar refractivity (Wildman–Crippen MR) is 108 cm³/mol. The molecule has 0 saturated carbocycles. The molecule has 0 atom stereocenters. The quantitative estimate of drug-likeness (QED) is 0.457. The fourth-order valence-corrected chi connectivity index (χ4v) is 3.51. The number of nitrogens with one attached hydrogen (secondary N) is 1. The van der Waals surface area contributed by atoms with Crippen molar-refractivity contribution in [1.82, 2.24) is 5.32 Å². The van der Waals surface area contributed by atoms with Gasteiger partial charge in [-0.25, -0.2) is 4.79 Å². The number of ether oxygens (including phenoxy) is 1. The Bertz CT molecular complexity index is 892. The number of nitro groups is 1. The molecule has 0 aliphatic carbocycles. The number of piperidine rings is 1. The molecule has 1 saturated heterocycles. The predicted octanol–water partition coefficient (Wildman–Crippen LogP) is 2.71. The van der Waals surface area contributed by atoms with Crippen molar-refractivity contribution in [1.29, 1.82) is 0 Å². The van der Waals surface area contributed by atoms with E-state index >= 15 is 0 Å². The van der Waals surface area contributed by atoms with Gasteiger partial charge >= 0.3 is 5.97 Å². The van der Waals surface area contributed by atoms with Gasteiger partial charge in [-0.15, -0.1) is 0 Å². The van der Waals surface area contributed by atoms with Crippen LogP contribution in [-0.2, 0) is 16.0 Å². The summed E-state index contributed by atoms with van der Waals surface area (Å²) in [4.78, 5) is 36.9. The van der Waals surface area contributed by atoms with Gasteiger partial charge in [0.25, 0.3) is 5.69 Å². The summed E-state index contributed by atoms with van der Waals surface area (Å²) in [6.45, 7) is 1.25. The molecule has 1 fully saturated rings. The first-order chi connectivity index (χ1) is 14.0. The van der Waals surface area contributed by atoms with Crippen molar-refractivity contribution in [3.8, 4) is 0 Å². The molecule has 0 spiro atoms. The third-order valence-corrected chi connectivity index (χ3v) is 5.00. The zero-order valence-corrected chi connectivity index (χ0v) is 16.2. The molecule has 29 heavy (non-hydrogen) atoms. The number of nitrogens with zero attached hydrogens (tertiary/aromatic N) is 2. The number of non-ortho nitro benzene ring substituents is 1. The van der Waals surface area contributed by atoms with Crippen LogP contribution in [0.3, 0.4) is 0 Å². The van der Waals surface area contributed by atoms with E-state index in [0.717, 1.165) is 18.4 Å². The summed E-state index contributed by atoms with van der Waals surface area (Å²) in [7, 11) is 1.25. The lowest BCUT2D eigenvalue weighted by Gasteiger charge is -2.34. The molecular formula is C21H23N3O5. The van der Waals surface area contributed by atoms with E-state index in [9.17, 15) is 19.7 Å². The van der Waals surface area contributed by atoms with Gasteiger partial charge in [0.1, 0.15) is 0 Å². The maximum Gasteiger partial charge on any atom is 0.340 e. The summed E-state index contributed by atoms with van der Waals surface area (Å²) >= 11 is 0. The summed E-state index contributed by atoms with van der Waals surface area (Å²) in [5, 5.41) is 14.1. The Labute approximate surface area is 168 Å². The Morgan fingerprint density at radius 3 is 2.48 bits per heavy atom. The Morgan fingerprint density at radius 1 is 1.17 bits per heavy atom. The second-order valence-electron chi connectivity index (χ2n) is 6.94. The highest BCUT2D eigenvalue weighted by molar-refractivity contribution is 5.96. The van der Waals surface area contributed by atoms with Crippen LogP contribution in [0.25, 0.3) is 0 Å². The standard InChI is InChI=1S/C21H23N3O5/c1-29-21(26)18-14-17(24(27)28)7-8-19(18)23-11-9-16(10-12-23)22-20(25)13-15-5-3-2-4-6-15/h2-8,14,16H,9-13H2,1H3,(H,22,25). The van der Waals surface area contributed by atoms with Crippen molar-refractivity contribution in [3.63, 3.8) is 0 Å². The first-order valence-corrected chi connectivity index (χ1v) is 9.43. The number of carbonyl (C=O) groups excluding carboxylic acids is 2. The van der Waals surface area contributed by atoms with Gasteiger partial charge in [0.15, 0.2) is 0 Å². The SMILES string of the molecule is COC(=O)c1cc([N+](=O)[O-])ccc1N1CCC(NC(=O)Cc2ccccc2)CC1. The minimum Gasteiger partial charge on any atom is -0.465 e. The fraction of sp³-hybridized carbons (Fsp3) is 0.333. The molecule has 0 radical (unpaired) electrons. The molecule has 2 aromatic rings. The number of benzene rings is 2. The third kappa shape index (κ3) is 5.10. The van der Waals surface area contributed by atoms with Gasteiger partial charge < -0.3 is 15.0 Å². The first kappa shape index (κ1) is 20.3. The molecule has 8 heteroatoms. The highest BCUT2D eigenvalue weighted by Gasteiger charge is 2.25. The van der Waals surface area contributed by atoms with E-state index in [0.29, 0.717) is 25.2 Å². The topological polar surface area (TPSA) is 102 Å². The molecule has 1 N–H and O–H groups in total. The average molecular weight is 397 g/mol. The summed E-state index contributed by atoms with van der Waals surface area (Å²) in [5.74, 6) is -0.623. The number of nitro benzene ring substituents is 1. The second kappa shape index (κ2) is 9.18. The summed E-state index contributed by atoms with van der Waals surface area (Å²) in [6, 6.07) is 13.8.